The Labute approximate surface area is 203 Å². The van der Waals surface area contributed by atoms with Gasteiger partial charge in [-0.25, -0.2) is 5.43 Å². The fourth-order valence-corrected chi connectivity index (χ4v) is 3.81. The zero-order valence-electron chi connectivity index (χ0n) is 18.9. The molecule has 200 valence electrons. The van der Waals surface area contributed by atoms with Crippen molar-refractivity contribution in [3.8, 4) is 11.5 Å². The molecule has 15 heteroatoms. The number of nitrogens with one attached hydrogen (secondary N) is 2. The second kappa shape index (κ2) is 9.27. The topological polar surface area (TPSA) is 102 Å². The van der Waals surface area contributed by atoms with Crippen LogP contribution in [0.3, 0.4) is 0 Å². The van der Waals surface area contributed by atoms with Gasteiger partial charge in [0, 0.05) is 29.3 Å². The summed E-state index contributed by atoms with van der Waals surface area (Å²) in [5.41, 5.74) is 1.67. The SMILES string of the molecule is Cc1c(C(=O)Nc2ccc3c(c2)OCCO3)oc2c1/C(=N/NC(=O)C(F)(F)C(F)(F)C(F)(F)F)CCC2. The largest absolute Gasteiger partial charge is 0.486 e. The molecule has 0 saturated heterocycles. The normalized spacial score (nSPS) is 16.8. The van der Waals surface area contributed by atoms with Gasteiger partial charge in [0.2, 0.25) is 0 Å². The summed E-state index contributed by atoms with van der Waals surface area (Å²) in [6, 6.07) is 4.68. The van der Waals surface area contributed by atoms with E-state index in [1.165, 1.54) is 13.0 Å². The number of benzene rings is 1. The summed E-state index contributed by atoms with van der Waals surface area (Å²) in [5.74, 6) is -15.4. The summed E-state index contributed by atoms with van der Waals surface area (Å²) in [6.07, 6.45) is -6.02. The van der Waals surface area contributed by atoms with Gasteiger partial charge in [-0.1, -0.05) is 0 Å². The highest BCUT2D eigenvalue weighted by Crippen LogP contribution is 2.46. The van der Waals surface area contributed by atoms with Crippen LogP contribution in [0.15, 0.2) is 27.7 Å². The number of furan rings is 1. The van der Waals surface area contributed by atoms with Crippen molar-refractivity contribution >= 4 is 23.2 Å². The molecule has 0 unspecified atom stereocenters. The van der Waals surface area contributed by atoms with E-state index in [1.807, 2.05) is 0 Å². The third-order valence-electron chi connectivity index (χ3n) is 5.66. The zero-order chi connectivity index (χ0) is 27.2. The summed E-state index contributed by atoms with van der Waals surface area (Å²) in [7, 11) is 0. The quantitative estimate of drug-likeness (QED) is 0.429. The lowest BCUT2D eigenvalue weighted by Gasteiger charge is -2.26. The molecular formula is C22H18F7N3O5. The molecule has 2 aliphatic rings. The lowest BCUT2D eigenvalue weighted by molar-refractivity contribution is -0.344. The van der Waals surface area contributed by atoms with Crippen molar-refractivity contribution in [2.75, 3.05) is 18.5 Å². The van der Waals surface area contributed by atoms with Crippen molar-refractivity contribution < 1.29 is 54.2 Å². The maximum Gasteiger partial charge on any atom is 0.460 e. The molecule has 2 amide bonds. The van der Waals surface area contributed by atoms with E-state index in [0.29, 0.717) is 43.2 Å². The molecule has 1 aromatic carbocycles. The number of fused-ring (bicyclic) bond motifs is 2. The molecule has 0 bridgehead atoms. The molecule has 0 radical (unpaired) electrons. The highest BCUT2D eigenvalue weighted by Gasteiger charge is 2.76. The molecular weight excluding hydrogens is 519 g/mol. The number of anilines is 1. The van der Waals surface area contributed by atoms with Crippen molar-refractivity contribution in [2.45, 2.75) is 44.2 Å². The molecule has 4 rings (SSSR count). The van der Waals surface area contributed by atoms with Gasteiger partial charge in [0.15, 0.2) is 17.3 Å². The van der Waals surface area contributed by atoms with Gasteiger partial charge in [-0.15, -0.1) is 0 Å². The van der Waals surface area contributed by atoms with Crippen LogP contribution in [0.25, 0.3) is 0 Å². The number of halogens is 7. The maximum absolute atomic E-state index is 13.6. The van der Waals surface area contributed by atoms with Crippen LogP contribution in [0, 0.1) is 6.92 Å². The third-order valence-corrected chi connectivity index (χ3v) is 5.66. The van der Waals surface area contributed by atoms with Crippen LogP contribution in [0.1, 0.15) is 40.3 Å². The van der Waals surface area contributed by atoms with E-state index in [-0.39, 0.29) is 34.8 Å². The minimum absolute atomic E-state index is 0.0398. The molecule has 2 N–H and O–H groups in total. The van der Waals surface area contributed by atoms with Gasteiger partial charge in [-0.05, 0) is 31.9 Å². The van der Waals surface area contributed by atoms with Crippen LogP contribution in [0.2, 0.25) is 0 Å². The molecule has 2 heterocycles. The van der Waals surface area contributed by atoms with E-state index in [9.17, 15) is 40.3 Å². The summed E-state index contributed by atoms with van der Waals surface area (Å²) in [6.45, 7) is 2.14. The van der Waals surface area contributed by atoms with E-state index in [4.69, 9.17) is 13.9 Å². The molecule has 1 aromatic heterocycles. The number of nitrogens with zero attached hydrogens (tertiary/aromatic N) is 1. The number of aryl methyl sites for hydroxylation is 1. The number of hydrazone groups is 1. The van der Waals surface area contributed by atoms with Crippen LogP contribution in [-0.4, -0.2) is 48.8 Å². The number of amides is 2. The molecule has 1 aliphatic heterocycles. The van der Waals surface area contributed by atoms with Crippen LogP contribution in [0.5, 0.6) is 11.5 Å². The standard InChI is InChI=1S/C22H18F7N3O5/c1-10-16-12(31-32-19(34)20(23,24)21(25,26)22(27,28)29)3-2-4-14(16)37-17(10)18(33)30-11-5-6-13-15(9-11)36-8-7-35-13/h5-6,9H,2-4,7-8H2,1H3,(H,30,33)(H,32,34)/b31-12+. The predicted octanol–water partition coefficient (Wildman–Crippen LogP) is 4.60. The summed E-state index contributed by atoms with van der Waals surface area (Å²) >= 11 is 0. The highest BCUT2D eigenvalue weighted by molar-refractivity contribution is 6.09. The molecule has 0 atom stereocenters. The third kappa shape index (κ3) is 4.69. The van der Waals surface area contributed by atoms with Crippen LogP contribution in [0.4, 0.5) is 36.4 Å². The van der Waals surface area contributed by atoms with Gasteiger partial charge in [-0.3, -0.25) is 9.59 Å². The number of ether oxygens (including phenoxy) is 2. The molecule has 8 nitrogen and oxygen atoms in total. The minimum Gasteiger partial charge on any atom is -0.486 e. The number of alkyl halides is 7. The molecule has 0 saturated carbocycles. The average Bonchev–Trinajstić information content (AvgIpc) is 3.18. The number of carbonyl (C=O) groups is 2. The van der Waals surface area contributed by atoms with Crippen molar-refractivity contribution in [1.29, 1.82) is 0 Å². The van der Waals surface area contributed by atoms with Gasteiger partial charge in [0.05, 0.1) is 5.71 Å². The fourth-order valence-electron chi connectivity index (χ4n) is 3.81. The van der Waals surface area contributed by atoms with Gasteiger partial charge >= 0.3 is 23.9 Å². The van der Waals surface area contributed by atoms with E-state index < -0.39 is 29.8 Å². The van der Waals surface area contributed by atoms with Crippen LogP contribution >= 0.6 is 0 Å². The van der Waals surface area contributed by atoms with Crippen LogP contribution < -0.4 is 20.2 Å². The highest BCUT2D eigenvalue weighted by atomic mass is 19.4. The Bertz CT molecular complexity index is 1270. The van der Waals surface area contributed by atoms with Gasteiger partial charge in [0.25, 0.3) is 5.91 Å². The van der Waals surface area contributed by atoms with Gasteiger partial charge in [0.1, 0.15) is 19.0 Å². The van der Waals surface area contributed by atoms with E-state index in [2.05, 4.69) is 10.4 Å². The molecule has 0 fully saturated rings. The average molecular weight is 537 g/mol. The summed E-state index contributed by atoms with van der Waals surface area (Å²) < 4.78 is 107. The van der Waals surface area contributed by atoms with Crippen molar-refractivity contribution in [3.63, 3.8) is 0 Å². The van der Waals surface area contributed by atoms with Crippen molar-refractivity contribution in [2.24, 2.45) is 5.10 Å². The first-order valence-corrected chi connectivity index (χ1v) is 10.8. The maximum atomic E-state index is 13.6. The number of rotatable bonds is 5. The second-order valence-corrected chi connectivity index (χ2v) is 8.17. The zero-order valence-corrected chi connectivity index (χ0v) is 18.9. The lowest BCUT2D eigenvalue weighted by atomic mass is 9.93. The summed E-state index contributed by atoms with van der Waals surface area (Å²) in [4.78, 5) is 24.4. The van der Waals surface area contributed by atoms with Crippen LogP contribution in [-0.2, 0) is 11.2 Å². The summed E-state index contributed by atoms with van der Waals surface area (Å²) in [5, 5.41) is 5.97. The van der Waals surface area contributed by atoms with Gasteiger partial charge in [-0.2, -0.15) is 35.8 Å². The van der Waals surface area contributed by atoms with E-state index in [0.717, 1.165) is 5.43 Å². The van der Waals surface area contributed by atoms with E-state index in [1.54, 1.807) is 12.1 Å². The Balaban J connectivity index is 1.55. The lowest BCUT2D eigenvalue weighted by Crippen LogP contribution is -2.58. The first kappa shape index (κ1) is 26.3. The molecule has 1 aliphatic carbocycles. The monoisotopic (exact) mass is 537 g/mol. The minimum atomic E-state index is -6.67. The molecule has 37 heavy (non-hydrogen) atoms. The fraction of sp³-hybridized carbons (Fsp3) is 0.409. The van der Waals surface area contributed by atoms with Crippen molar-refractivity contribution in [3.05, 3.63) is 40.8 Å². The van der Waals surface area contributed by atoms with Gasteiger partial charge < -0.3 is 19.2 Å². The Kier molecular flexibility index (Phi) is 6.58. The number of hydrogen-bond acceptors (Lipinski definition) is 6. The van der Waals surface area contributed by atoms with Crippen molar-refractivity contribution in [1.82, 2.24) is 5.43 Å². The van der Waals surface area contributed by atoms with E-state index >= 15 is 0 Å². The Morgan fingerprint density at radius 1 is 0.973 bits per heavy atom. The predicted molar refractivity (Wildman–Crippen MR) is 112 cm³/mol. The Morgan fingerprint density at radius 2 is 1.65 bits per heavy atom. The Hall–Kier alpha value is -3.78. The molecule has 2 aromatic rings. The smallest absolute Gasteiger partial charge is 0.460 e. The molecule has 0 spiro atoms. The first-order valence-electron chi connectivity index (χ1n) is 10.8. The second-order valence-electron chi connectivity index (χ2n) is 8.17. The number of hydrogen-bond donors (Lipinski definition) is 2. The Morgan fingerprint density at radius 3 is 2.32 bits per heavy atom. The first-order chi connectivity index (χ1) is 17.2. The number of carbonyl (C=O) groups excluding carboxylic acids is 2.